The van der Waals surface area contributed by atoms with Crippen LogP contribution >= 0.6 is 24.0 Å². The predicted octanol–water partition coefficient (Wildman–Crippen LogP) is 3.49. The molecule has 1 aromatic rings. The van der Waals surface area contributed by atoms with E-state index in [0.717, 1.165) is 56.5 Å². The standard InChI is InChI=1S/C21H38N4O2.HI/c1-7-25(8-2)15-10-9-14-23-21(22-3)24(4)16-13-18-11-12-19(26-5)20(17-18)27-6;/h11-12,17H,7-10,13-16H2,1-6H3,(H,22,23);1H. The summed E-state index contributed by atoms with van der Waals surface area (Å²) >= 11 is 0. The Morgan fingerprint density at radius 2 is 1.71 bits per heavy atom. The average molecular weight is 506 g/mol. The van der Waals surface area contributed by atoms with E-state index in [4.69, 9.17) is 9.47 Å². The van der Waals surface area contributed by atoms with Crippen molar-refractivity contribution in [3.8, 4) is 11.5 Å². The number of unbranched alkanes of at least 4 members (excludes halogenated alkanes) is 1. The summed E-state index contributed by atoms with van der Waals surface area (Å²) < 4.78 is 10.7. The van der Waals surface area contributed by atoms with Crippen LogP contribution in [0.4, 0.5) is 0 Å². The summed E-state index contributed by atoms with van der Waals surface area (Å²) in [6.07, 6.45) is 3.28. The van der Waals surface area contributed by atoms with E-state index < -0.39 is 0 Å². The third-order valence-corrected chi connectivity index (χ3v) is 4.84. The summed E-state index contributed by atoms with van der Waals surface area (Å²) in [7, 11) is 7.24. The molecule has 1 aromatic carbocycles. The third kappa shape index (κ3) is 9.32. The molecule has 0 amide bonds. The number of methoxy groups -OCH3 is 2. The molecular formula is C21H39IN4O2. The molecule has 0 aliphatic rings. The Kier molecular flexibility index (Phi) is 15.0. The number of halogens is 1. The first-order valence-corrected chi connectivity index (χ1v) is 9.94. The lowest BCUT2D eigenvalue weighted by atomic mass is 10.1. The van der Waals surface area contributed by atoms with Crippen molar-refractivity contribution in [3.05, 3.63) is 23.8 Å². The van der Waals surface area contributed by atoms with Gasteiger partial charge >= 0.3 is 0 Å². The van der Waals surface area contributed by atoms with E-state index in [1.165, 1.54) is 18.5 Å². The molecule has 162 valence electrons. The molecule has 0 aromatic heterocycles. The van der Waals surface area contributed by atoms with Gasteiger partial charge < -0.3 is 24.6 Å². The van der Waals surface area contributed by atoms with Gasteiger partial charge in [-0.3, -0.25) is 4.99 Å². The first kappa shape index (κ1) is 26.8. The Hall–Kier alpha value is -1.22. The molecule has 0 aliphatic heterocycles. The van der Waals surface area contributed by atoms with Gasteiger partial charge in [-0.2, -0.15) is 0 Å². The maximum absolute atomic E-state index is 5.38. The van der Waals surface area contributed by atoms with Gasteiger partial charge in [-0.15, -0.1) is 24.0 Å². The van der Waals surface area contributed by atoms with E-state index in [2.05, 4.69) is 47.1 Å². The van der Waals surface area contributed by atoms with Crippen LogP contribution in [-0.4, -0.2) is 76.8 Å². The van der Waals surface area contributed by atoms with Gasteiger partial charge in [0, 0.05) is 27.2 Å². The number of nitrogens with zero attached hydrogens (tertiary/aromatic N) is 3. The van der Waals surface area contributed by atoms with Crippen LogP contribution in [0.2, 0.25) is 0 Å². The normalized spacial score (nSPS) is 11.2. The van der Waals surface area contributed by atoms with E-state index in [-0.39, 0.29) is 24.0 Å². The minimum atomic E-state index is 0. The topological polar surface area (TPSA) is 49.3 Å². The molecule has 1 N–H and O–H groups in total. The Labute approximate surface area is 188 Å². The fraction of sp³-hybridized carbons (Fsp3) is 0.667. The van der Waals surface area contributed by atoms with Crippen molar-refractivity contribution < 1.29 is 9.47 Å². The molecule has 0 atom stereocenters. The lowest BCUT2D eigenvalue weighted by molar-refractivity contribution is 0.297. The van der Waals surface area contributed by atoms with Gasteiger partial charge in [-0.1, -0.05) is 19.9 Å². The van der Waals surface area contributed by atoms with Crippen LogP contribution in [-0.2, 0) is 6.42 Å². The quantitative estimate of drug-likeness (QED) is 0.204. The Bertz CT molecular complexity index is 565. The highest BCUT2D eigenvalue weighted by atomic mass is 127. The first-order chi connectivity index (χ1) is 13.1. The SMILES string of the molecule is CCN(CC)CCCCNC(=NC)N(C)CCc1ccc(OC)c(OC)c1.I. The molecule has 6 nitrogen and oxygen atoms in total. The molecule has 0 fully saturated rings. The molecule has 0 bridgehead atoms. The zero-order valence-corrected chi connectivity index (χ0v) is 20.8. The molecule has 0 spiro atoms. The van der Waals surface area contributed by atoms with Crippen molar-refractivity contribution in [2.24, 2.45) is 4.99 Å². The summed E-state index contributed by atoms with van der Waals surface area (Å²) in [4.78, 5) is 9.03. The molecule has 0 unspecified atom stereocenters. The fourth-order valence-corrected chi connectivity index (χ4v) is 3.02. The summed E-state index contributed by atoms with van der Waals surface area (Å²) in [5.74, 6) is 2.48. The van der Waals surface area contributed by atoms with E-state index >= 15 is 0 Å². The van der Waals surface area contributed by atoms with Crippen molar-refractivity contribution in [1.82, 2.24) is 15.1 Å². The molecule has 0 aliphatic carbocycles. The molecule has 0 radical (unpaired) electrons. The summed E-state index contributed by atoms with van der Waals surface area (Å²) in [6, 6.07) is 6.08. The highest BCUT2D eigenvalue weighted by Gasteiger charge is 2.08. The zero-order valence-electron chi connectivity index (χ0n) is 18.5. The highest BCUT2D eigenvalue weighted by molar-refractivity contribution is 14.0. The Morgan fingerprint density at radius 1 is 1.04 bits per heavy atom. The number of ether oxygens (including phenoxy) is 2. The summed E-state index contributed by atoms with van der Waals surface area (Å²) in [5.41, 5.74) is 1.22. The zero-order chi connectivity index (χ0) is 20.1. The van der Waals surface area contributed by atoms with Crippen molar-refractivity contribution in [1.29, 1.82) is 0 Å². The van der Waals surface area contributed by atoms with E-state index in [1.54, 1.807) is 14.2 Å². The minimum absolute atomic E-state index is 0. The summed E-state index contributed by atoms with van der Waals surface area (Å²) in [6.45, 7) is 9.70. The lowest BCUT2D eigenvalue weighted by Gasteiger charge is -2.23. The predicted molar refractivity (Wildman–Crippen MR) is 130 cm³/mol. The van der Waals surface area contributed by atoms with Gasteiger partial charge in [0.1, 0.15) is 0 Å². The van der Waals surface area contributed by atoms with Gasteiger partial charge in [0.05, 0.1) is 14.2 Å². The van der Waals surface area contributed by atoms with Crippen molar-refractivity contribution in [2.45, 2.75) is 33.1 Å². The molecule has 0 heterocycles. The number of hydrogen-bond donors (Lipinski definition) is 1. The fourth-order valence-electron chi connectivity index (χ4n) is 3.02. The van der Waals surface area contributed by atoms with Crippen LogP contribution in [0.15, 0.2) is 23.2 Å². The van der Waals surface area contributed by atoms with Crippen LogP contribution in [0.3, 0.4) is 0 Å². The number of benzene rings is 1. The average Bonchev–Trinajstić information content (AvgIpc) is 2.71. The van der Waals surface area contributed by atoms with Gasteiger partial charge in [0.15, 0.2) is 17.5 Å². The van der Waals surface area contributed by atoms with Gasteiger partial charge in [-0.05, 0) is 56.6 Å². The molecular weight excluding hydrogens is 467 g/mol. The number of hydrogen-bond acceptors (Lipinski definition) is 4. The van der Waals surface area contributed by atoms with Gasteiger partial charge in [0.2, 0.25) is 0 Å². The highest BCUT2D eigenvalue weighted by Crippen LogP contribution is 2.27. The second-order valence-corrected chi connectivity index (χ2v) is 6.57. The molecule has 0 saturated heterocycles. The summed E-state index contributed by atoms with van der Waals surface area (Å²) in [5, 5.41) is 3.47. The van der Waals surface area contributed by atoms with Crippen LogP contribution < -0.4 is 14.8 Å². The second-order valence-electron chi connectivity index (χ2n) is 6.57. The van der Waals surface area contributed by atoms with Gasteiger partial charge in [-0.25, -0.2) is 0 Å². The largest absolute Gasteiger partial charge is 0.493 e. The van der Waals surface area contributed by atoms with Crippen molar-refractivity contribution in [3.63, 3.8) is 0 Å². The molecule has 7 heteroatoms. The van der Waals surface area contributed by atoms with Crippen molar-refractivity contribution in [2.75, 3.05) is 61.0 Å². The maximum atomic E-state index is 5.38. The van der Waals surface area contributed by atoms with Gasteiger partial charge in [0.25, 0.3) is 0 Å². The van der Waals surface area contributed by atoms with Crippen LogP contribution in [0.1, 0.15) is 32.3 Å². The molecule has 0 saturated carbocycles. The number of guanidine groups is 1. The molecule has 1 rings (SSSR count). The third-order valence-electron chi connectivity index (χ3n) is 4.84. The Morgan fingerprint density at radius 3 is 2.29 bits per heavy atom. The minimum Gasteiger partial charge on any atom is -0.493 e. The smallest absolute Gasteiger partial charge is 0.193 e. The van der Waals surface area contributed by atoms with Crippen LogP contribution in [0, 0.1) is 0 Å². The van der Waals surface area contributed by atoms with E-state index in [1.807, 2.05) is 19.2 Å². The number of likely N-dealkylation sites (N-methyl/N-ethyl adjacent to an activating group) is 1. The molecule has 28 heavy (non-hydrogen) atoms. The van der Waals surface area contributed by atoms with Crippen molar-refractivity contribution >= 4 is 29.9 Å². The van der Waals surface area contributed by atoms with Crippen LogP contribution in [0.5, 0.6) is 11.5 Å². The maximum Gasteiger partial charge on any atom is 0.193 e. The number of nitrogens with one attached hydrogen (secondary N) is 1. The second kappa shape index (κ2) is 15.7. The monoisotopic (exact) mass is 506 g/mol. The number of rotatable bonds is 12. The first-order valence-electron chi connectivity index (χ1n) is 9.94. The Balaban J connectivity index is 0.00000729. The lowest BCUT2D eigenvalue weighted by Crippen LogP contribution is -2.40. The van der Waals surface area contributed by atoms with E-state index in [0.29, 0.717) is 0 Å². The van der Waals surface area contributed by atoms with Crippen LogP contribution in [0.25, 0.3) is 0 Å². The van der Waals surface area contributed by atoms with E-state index in [9.17, 15) is 0 Å². The number of aliphatic imine (C=N–C) groups is 1.